The minimum atomic E-state index is -0.217. The first kappa shape index (κ1) is 28.1. The van der Waals surface area contributed by atoms with Crippen LogP contribution >= 0.6 is 34.8 Å². The molecule has 2 unspecified atom stereocenters. The number of urea groups is 1. The molecule has 0 aliphatic heterocycles. The summed E-state index contributed by atoms with van der Waals surface area (Å²) in [7, 11) is 0. The molecule has 3 rings (SSSR count). The minimum absolute atomic E-state index is 0.217. The van der Waals surface area contributed by atoms with Crippen LogP contribution in [0.15, 0.2) is 55.1 Å². The van der Waals surface area contributed by atoms with Crippen LogP contribution in [0.3, 0.4) is 0 Å². The number of carbonyl (C=O) groups is 1. The monoisotopic (exact) mass is 546 g/mol. The Morgan fingerprint density at radius 1 is 1.11 bits per heavy atom. The van der Waals surface area contributed by atoms with Crippen molar-refractivity contribution in [3.8, 4) is 16.9 Å². The second kappa shape index (κ2) is 13.2. The lowest BCUT2D eigenvalue weighted by Crippen LogP contribution is -2.36. The molecule has 2 amide bonds. The molecule has 0 aliphatic rings. The number of nitrogens with one attached hydrogen (secondary N) is 2. The molecule has 2 N–H and O–H groups in total. The van der Waals surface area contributed by atoms with Gasteiger partial charge in [-0.05, 0) is 61.9 Å². The zero-order chi connectivity index (χ0) is 26.2. The first-order chi connectivity index (χ1) is 17.2. The Morgan fingerprint density at radius 2 is 1.81 bits per heavy atom. The summed E-state index contributed by atoms with van der Waals surface area (Å²) in [6.07, 6.45) is 5.00. The topological polar surface area (TPSA) is 59.0 Å². The van der Waals surface area contributed by atoms with Crippen LogP contribution < -0.4 is 10.6 Å². The molecule has 2 atom stereocenters. The molecule has 3 aromatic rings. The molecule has 0 radical (unpaired) electrons. The second-order valence-corrected chi connectivity index (χ2v) is 10.3. The fraction of sp³-hybridized carbons (Fsp3) is 0.357. The van der Waals surface area contributed by atoms with E-state index in [1.165, 1.54) is 0 Å². The average Bonchev–Trinajstić information content (AvgIpc) is 3.17. The quantitative estimate of drug-likeness (QED) is 0.237. The van der Waals surface area contributed by atoms with Gasteiger partial charge >= 0.3 is 6.03 Å². The van der Waals surface area contributed by atoms with Gasteiger partial charge in [-0.15, -0.1) is 6.58 Å². The molecule has 1 heterocycles. The van der Waals surface area contributed by atoms with Crippen LogP contribution in [-0.2, 0) is 6.54 Å². The first-order valence-electron chi connectivity index (χ1n) is 12.2. The van der Waals surface area contributed by atoms with Crippen molar-refractivity contribution in [1.29, 1.82) is 0 Å². The standard InChI is InChI=1S/C28H33Cl3N4O/c1-5-7-20(6-2)18(3)14-15-32-28(36)33-17-25-19(4)27(21-8-10-22(29)11-9-21)35(34-25)26-13-12-23(30)16-24(26)31/h5,8-13,16,18,20H,1,6-7,14-15,17H2,2-4H3,(H2,32,33,36). The summed E-state index contributed by atoms with van der Waals surface area (Å²) in [5.41, 5.74) is 4.18. The van der Waals surface area contributed by atoms with Gasteiger partial charge in [0.15, 0.2) is 0 Å². The van der Waals surface area contributed by atoms with Crippen molar-refractivity contribution in [3.63, 3.8) is 0 Å². The number of allylic oxidation sites excluding steroid dienone is 1. The molecule has 0 spiro atoms. The number of halogens is 3. The smallest absolute Gasteiger partial charge is 0.315 e. The lowest BCUT2D eigenvalue weighted by Gasteiger charge is -2.21. The fourth-order valence-electron chi connectivity index (χ4n) is 4.37. The summed E-state index contributed by atoms with van der Waals surface area (Å²) in [5.74, 6) is 1.10. The Bertz CT molecular complexity index is 1190. The maximum absolute atomic E-state index is 12.5. The second-order valence-electron chi connectivity index (χ2n) is 9.00. The number of hydrogen-bond donors (Lipinski definition) is 2. The van der Waals surface area contributed by atoms with Gasteiger partial charge in [-0.3, -0.25) is 0 Å². The molecular weight excluding hydrogens is 515 g/mol. The maximum atomic E-state index is 12.5. The number of hydrogen-bond acceptors (Lipinski definition) is 2. The van der Waals surface area contributed by atoms with E-state index in [1.807, 2.05) is 43.3 Å². The molecule has 8 heteroatoms. The Kier molecular flexibility index (Phi) is 10.3. The zero-order valence-electron chi connectivity index (χ0n) is 21.0. The molecule has 5 nitrogen and oxygen atoms in total. The van der Waals surface area contributed by atoms with Crippen LogP contribution in [0.25, 0.3) is 16.9 Å². The molecule has 2 aromatic carbocycles. The van der Waals surface area contributed by atoms with Gasteiger partial charge in [0.1, 0.15) is 0 Å². The SMILES string of the molecule is C=CCC(CC)C(C)CCNC(=O)NCc1nn(-c2ccc(Cl)cc2Cl)c(-c2ccc(Cl)cc2)c1C. The van der Waals surface area contributed by atoms with Gasteiger partial charge in [-0.1, -0.05) is 73.3 Å². The molecule has 0 aliphatic carbocycles. The van der Waals surface area contributed by atoms with E-state index in [0.29, 0.717) is 39.1 Å². The summed E-state index contributed by atoms with van der Waals surface area (Å²) in [4.78, 5) is 12.5. The molecule has 0 saturated carbocycles. The molecular formula is C28H33Cl3N4O. The highest BCUT2D eigenvalue weighted by Gasteiger charge is 2.20. The van der Waals surface area contributed by atoms with Crippen LogP contribution in [0.2, 0.25) is 15.1 Å². The van der Waals surface area contributed by atoms with Gasteiger partial charge in [0.25, 0.3) is 0 Å². The molecule has 0 bridgehead atoms. The van der Waals surface area contributed by atoms with Crippen molar-refractivity contribution in [2.45, 2.75) is 46.6 Å². The molecule has 1 aromatic heterocycles. The third-order valence-corrected chi connectivity index (χ3v) is 7.37. The van der Waals surface area contributed by atoms with Gasteiger partial charge in [0.05, 0.1) is 28.6 Å². The highest BCUT2D eigenvalue weighted by Crippen LogP contribution is 2.33. The third-order valence-electron chi connectivity index (χ3n) is 6.58. The van der Waals surface area contributed by atoms with Crippen molar-refractivity contribution < 1.29 is 4.79 Å². The van der Waals surface area contributed by atoms with Crippen molar-refractivity contribution in [3.05, 3.63) is 81.4 Å². The van der Waals surface area contributed by atoms with Gasteiger partial charge in [0.2, 0.25) is 0 Å². The predicted molar refractivity (Wildman–Crippen MR) is 151 cm³/mol. The Balaban J connectivity index is 1.75. The van der Waals surface area contributed by atoms with Crippen LogP contribution in [0.5, 0.6) is 0 Å². The average molecular weight is 548 g/mol. The summed E-state index contributed by atoms with van der Waals surface area (Å²) in [6.45, 7) is 11.2. The lowest BCUT2D eigenvalue weighted by atomic mass is 9.86. The Labute approximate surface area is 228 Å². The van der Waals surface area contributed by atoms with Gasteiger partial charge in [0, 0.05) is 27.7 Å². The van der Waals surface area contributed by atoms with E-state index in [2.05, 4.69) is 31.1 Å². The number of aromatic nitrogens is 2. The predicted octanol–water partition coefficient (Wildman–Crippen LogP) is 8.24. The summed E-state index contributed by atoms with van der Waals surface area (Å²) in [6, 6.07) is 12.6. The maximum Gasteiger partial charge on any atom is 0.315 e. The number of rotatable bonds is 11. The van der Waals surface area contributed by atoms with Crippen molar-refractivity contribution in [2.24, 2.45) is 11.8 Å². The molecule has 36 heavy (non-hydrogen) atoms. The molecule has 192 valence electrons. The normalized spacial score (nSPS) is 12.7. The van der Waals surface area contributed by atoms with E-state index in [-0.39, 0.29) is 12.6 Å². The number of benzene rings is 2. The van der Waals surface area contributed by atoms with Gasteiger partial charge in [-0.2, -0.15) is 5.10 Å². The van der Waals surface area contributed by atoms with Crippen LogP contribution in [-0.4, -0.2) is 22.4 Å². The fourth-order valence-corrected chi connectivity index (χ4v) is 4.99. The first-order valence-corrected chi connectivity index (χ1v) is 13.3. The van der Waals surface area contributed by atoms with Crippen LogP contribution in [0.4, 0.5) is 4.79 Å². The van der Waals surface area contributed by atoms with Crippen molar-refractivity contribution in [1.82, 2.24) is 20.4 Å². The number of nitrogens with zero attached hydrogens (tertiary/aromatic N) is 2. The Morgan fingerprint density at radius 3 is 2.44 bits per heavy atom. The largest absolute Gasteiger partial charge is 0.338 e. The van der Waals surface area contributed by atoms with E-state index < -0.39 is 0 Å². The van der Waals surface area contributed by atoms with E-state index in [9.17, 15) is 4.79 Å². The third kappa shape index (κ3) is 7.06. The van der Waals surface area contributed by atoms with E-state index >= 15 is 0 Å². The number of amides is 2. The van der Waals surface area contributed by atoms with Crippen LogP contribution in [0.1, 0.15) is 44.4 Å². The summed E-state index contributed by atoms with van der Waals surface area (Å²) < 4.78 is 1.79. The van der Waals surface area contributed by atoms with E-state index in [0.717, 1.165) is 41.8 Å². The Hall–Kier alpha value is -2.47. The van der Waals surface area contributed by atoms with Gasteiger partial charge in [-0.25, -0.2) is 9.48 Å². The number of carbonyl (C=O) groups excluding carboxylic acids is 1. The van der Waals surface area contributed by atoms with Crippen molar-refractivity contribution >= 4 is 40.8 Å². The summed E-state index contributed by atoms with van der Waals surface area (Å²) >= 11 is 18.7. The van der Waals surface area contributed by atoms with Gasteiger partial charge < -0.3 is 10.6 Å². The van der Waals surface area contributed by atoms with E-state index in [4.69, 9.17) is 39.9 Å². The lowest BCUT2D eigenvalue weighted by molar-refractivity contribution is 0.238. The highest BCUT2D eigenvalue weighted by molar-refractivity contribution is 6.35. The summed E-state index contributed by atoms with van der Waals surface area (Å²) in [5, 5.41) is 12.4. The highest BCUT2D eigenvalue weighted by atomic mass is 35.5. The zero-order valence-corrected chi connectivity index (χ0v) is 23.2. The minimum Gasteiger partial charge on any atom is -0.338 e. The van der Waals surface area contributed by atoms with Crippen molar-refractivity contribution in [2.75, 3.05) is 6.54 Å². The van der Waals surface area contributed by atoms with Crippen LogP contribution in [0, 0.1) is 18.8 Å². The molecule has 0 saturated heterocycles. The molecule has 0 fully saturated rings. The van der Waals surface area contributed by atoms with E-state index in [1.54, 1.807) is 16.8 Å².